The third kappa shape index (κ3) is 5.70. The second-order valence-electron chi connectivity index (χ2n) is 2.81. The fraction of sp³-hybridized carbons (Fsp3) is 0.750. The second kappa shape index (κ2) is 5.57. The Morgan fingerprint density at radius 2 is 1.58 bits per heavy atom. The third-order valence-corrected chi connectivity index (χ3v) is 1.61. The molecule has 0 aromatic carbocycles. The Hall–Kier alpha value is -1.06. The highest BCUT2D eigenvalue weighted by molar-refractivity contribution is 5.68. The van der Waals surface area contributed by atoms with Crippen molar-refractivity contribution < 1.29 is 19.8 Å². The van der Waals surface area contributed by atoms with Crippen LogP contribution in [0.3, 0.4) is 0 Å². The van der Waals surface area contributed by atoms with E-state index in [0.29, 0.717) is 6.42 Å². The van der Waals surface area contributed by atoms with Gasteiger partial charge in [-0.1, -0.05) is 13.3 Å². The lowest BCUT2D eigenvalue weighted by Gasteiger charge is -2.16. The zero-order chi connectivity index (χ0) is 9.56. The van der Waals surface area contributed by atoms with E-state index in [1.807, 2.05) is 6.92 Å². The first-order valence-corrected chi connectivity index (χ1v) is 3.96. The molecule has 0 saturated carbocycles. The first kappa shape index (κ1) is 10.9. The average Bonchev–Trinajstić information content (AvgIpc) is 1.84. The molecule has 0 rings (SSSR count). The van der Waals surface area contributed by atoms with E-state index in [0.717, 1.165) is 6.42 Å². The fourth-order valence-electron chi connectivity index (χ4n) is 1.16. The molecule has 4 heteroatoms. The maximum absolute atomic E-state index is 10.1. The van der Waals surface area contributed by atoms with E-state index >= 15 is 0 Å². The highest BCUT2D eigenvalue weighted by Crippen LogP contribution is 2.14. The van der Waals surface area contributed by atoms with Crippen LogP contribution < -0.4 is 10.2 Å². The van der Waals surface area contributed by atoms with Crippen molar-refractivity contribution in [3.8, 4) is 0 Å². The average molecular weight is 172 g/mol. The summed E-state index contributed by atoms with van der Waals surface area (Å²) in [5.74, 6) is -2.74. The second-order valence-corrected chi connectivity index (χ2v) is 2.81. The van der Waals surface area contributed by atoms with Gasteiger partial charge in [0.15, 0.2) is 0 Å². The van der Waals surface area contributed by atoms with Crippen LogP contribution in [0.4, 0.5) is 0 Å². The summed E-state index contributed by atoms with van der Waals surface area (Å²) < 4.78 is 0. The summed E-state index contributed by atoms with van der Waals surface area (Å²) in [6, 6.07) is 0. The zero-order valence-corrected chi connectivity index (χ0v) is 7.04. The lowest BCUT2D eigenvalue weighted by Crippen LogP contribution is -2.30. The number of rotatable bonds is 6. The Morgan fingerprint density at radius 1 is 1.17 bits per heavy atom. The molecule has 70 valence electrons. The van der Waals surface area contributed by atoms with Gasteiger partial charge in [-0.15, -0.1) is 0 Å². The molecule has 0 amide bonds. The van der Waals surface area contributed by atoms with Crippen LogP contribution in [0.5, 0.6) is 0 Å². The number of carbonyl (C=O) groups excluding carboxylic acids is 2. The van der Waals surface area contributed by atoms with Gasteiger partial charge in [0, 0.05) is 11.9 Å². The van der Waals surface area contributed by atoms with Gasteiger partial charge in [0.25, 0.3) is 0 Å². The smallest absolute Gasteiger partial charge is 0.0417 e. The van der Waals surface area contributed by atoms with Crippen molar-refractivity contribution >= 4 is 11.9 Å². The van der Waals surface area contributed by atoms with E-state index in [9.17, 15) is 19.8 Å². The number of carbonyl (C=O) groups is 2. The van der Waals surface area contributed by atoms with Crippen molar-refractivity contribution in [3.05, 3.63) is 0 Å². The maximum atomic E-state index is 10.1. The van der Waals surface area contributed by atoms with Crippen molar-refractivity contribution in [2.75, 3.05) is 0 Å². The van der Waals surface area contributed by atoms with Gasteiger partial charge in [-0.25, -0.2) is 0 Å². The molecule has 0 saturated heterocycles. The molecule has 0 aromatic rings. The molecule has 0 spiro atoms. The summed E-state index contributed by atoms with van der Waals surface area (Å²) in [4.78, 5) is 20.3. The monoisotopic (exact) mass is 172 g/mol. The highest BCUT2D eigenvalue weighted by atomic mass is 16.4. The van der Waals surface area contributed by atoms with Gasteiger partial charge in [-0.05, 0) is 25.2 Å². The summed E-state index contributed by atoms with van der Waals surface area (Å²) in [5.41, 5.74) is 0. The Bertz CT molecular complexity index is 148. The predicted molar refractivity (Wildman–Crippen MR) is 37.6 cm³/mol. The topological polar surface area (TPSA) is 80.3 Å². The minimum atomic E-state index is -1.20. The van der Waals surface area contributed by atoms with E-state index in [2.05, 4.69) is 0 Å². The van der Waals surface area contributed by atoms with Crippen LogP contribution in [0.1, 0.15) is 32.6 Å². The molecule has 0 aliphatic heterocycles. The van der Waals surface area contributed by atoms with E-state index in [4.69, 9.17) is 0 Å². The maximum Gasteiger partial charge on any atom is 0.0417 e. The highest BCUT2D eigenvalue weighted by Gasteiger charge is 2.07. The van der Waals surface area contributed by atoms with Crippen LogP contribution in [0, 0.1) is 5.92 Å². The van der Waals surface area contributed by atoms with Crippen molar-refractivity contribution in [1.29, 1.82) is 0 Å². The van der Waals surface area contributed by atoms with Crippen molar-refractivity contribution in [2.45, 2.75) is 32.6 Å². The summed E-state index contributed by atoms with van der Waals surface area (Å²) in [6.45, 7) is 1.87. The number of hydrogen-bond donors (Lipinski definition) is 0. The van der Waals surface area contributed by atoms with Crippen LogP contribution >= 0.6 is 0 Å². The van der Waals surface area contributed by atoms with Crippen molar-refractivity contribution in [2.24, 2.45) is 5.92 Å². The molecule has 0 radical (unpaired) electrons. The molecule has 0 aromatic heterocycles. The van der Waals surface area contributed by atoms with Gasteiger partial charge in [0.2, 0.25) is 0 Å². The van der Waals surface area contributed by atoms with Crippen molar-refractivity contribution in [1.82, 2.24) is 0 Å². The molecule has 0 aliphatic rings. The lowest BCUT2D eigenvalue weighted by atomic mass is 9.96. The predicted octanol–water partition coefficient (Wildman–Crippen LogP) is -1.32. The van der Waals surface area contributed by atoms with E-state index < -0.39 is 11.9 Å². The molecular formula is C8H12O4-2. The Morgan fingerprint density at radius 3 is 1.83 bits per heavy atom. The molecule has 0 atom stereocenters. The Balaban J connectivity index is 3.85. The molecule has 4 nitrogen and oxygen atoms in total. The van der Waals surface area contributed by atoms with Gasteiger partial charge in [0.05, 0.1) is 0 Å². The quantitative estimate of drug-likeness (QED) is 0.497. The van der Waals surface area contributed by atoms with Crippen LogP contribution in [-0.4, -0.2) is 11.9 Å². The first-order valence-electron chi connectivity index (χ1n) is 3.96. The number of carboxylic acid groups (broad SMARTS) is 2. The third-order valence-electron chi connectivity index (χ3n) is 1.61. The van der Waals surface area contributed by atoms with Gasteiger partial charge in [-0.3, -0.25) is 0 Å². The Labute approximate surface area is 71.2 Å². The first-order chi connectivity index (χ1) is 5.56. The zero-order valence-electron chi connectivity index (χ0n) is 7.04. The SMILES string of the molecule is CCCC(CC(=O)[O-])CC(=O)[O-]. The largest absolute Gasteiger partial charge is 0.550 e. The van der Waals surface area contributed by atoms with E-state index in [-0.39, 0.29) is 18.8 Å². The van der Waals surface area contributed by atoms with Crippen LogP contribution in [0.2, 0.25) is 0 Å². The Kier molecular flexibility index (Phi) is 5.08. The summed E-state index contributed by atoms with van der Waals surface area (Å²) in [5, 5.41) is 20.3. The fourth-order valence-corrected chi connectivity index (χ4v) is 1.16. The molecule has 0 aliphatic carbocycles. The summed E-state index contributed by atoms with van der Waals surface area (Å²) in [7, 11) is 0. The van der Waals surface area contributed by atoms with Crippen LogP contribution in [-0.2, 0) is 9.59 Å². The number of carboxylic acids is 2. The number of hydrogen-bond acceptors (Lipinski definition) is 4. The number of aliphatic carboxylic acids is 2. The van der Waals surface area contributed by atoms with E-state index in [1.54, 1.807) is 0 Å². The molecule has 0 heterocycles. The summed E-state index contributed by atoms with van der Waals surface area (Å²) >= 11 is 0. The molecule has 0 bridgehead atoms. The standard InChI is InChI=1S/C8H14O4/c1-2-3-6(4-7(9)10)5-8(11)12/h6H,2-5H2,1H3,(H,9,10)(H,11,12)/p-2. The molecular weight excluding hydrogens is 160 g/mol. The van der Waals surface area contributed by atoms with Gasteiger partial charge in [0.1, 0.15) is 0 Å². The van der Waals surface area contributed by atoms with Crippen molar-refractivity contribution in [3.63, 3.8) is 0 Å². The minimum Gasteiger partial charge on any atom is -0.550 e. The van der Waals surface area contributed by atoms with Gasteiger partial charge in [-0.2, -0.15) is 0 Å². The summed E-state index contributed by atoms with van der Waals surface area (Å²) in [6.07, 6.45) is 0.969. The lowest BCUT2D eigenvalue weighted by molar-refractivity contribution is -0.309. The van der Waals surface area contributed by atoms with Crippen LogP contribution in [0.25, 0.3) is 0 Å². The minimum absolute atomic E-state index is 0.193. The van der Waals surface area contributed by atoms with Gasteiger partial charge >= 0.3 is 0 Å². The van der Waals surface area contributed by atoms with Gasteiger partial charge < -0.3 is 19.8 Å². The molecule has 0 fully saturated rings. The molecule has 12 heavy (non-hydrogen) atoms. The normalized spacial score (nSPS) is 10.2. The van der Waals surface area contributed by atoms with Crippen LogP contribution in [0.15, 0.2) is 0 Å². The molecule has 0 unspecified atom stereocenters. The molecule has 0 N–H and O–H groups in total. The van der Waals surface area contributed by atoms with E-state index in [1.165, 1.54) is 0 Å².